The molecule has 0 aromatic carbocycles. The minimum Gasteiger partial charge on any atom is -0.373 e. The van der Waals surface area contributed by atoms with E-state index in [1.54, 1.807) is 0 Å². The van der Waals surface area contributed by atoms with Gasteiger partial charge in [-0.3, -0.25) is 0 Å². The third kappa shape index (κ3) is 1.97. The van der Waals surface area contributed by atoms with E-state index in [9.17, 15) is 0 Å². The molecule has 5 heteroatoms. The number of rotatable bonds is 4. The van der Waals surface area contributed by atoms with Crippen LogP contribution in [0.3, 0.4) is 0 Å². The van der Waals surface area contributed by atoms with Crippen LogP contribution in [0, 0.1) is 6.92 Å². The highest BCUT2D eigenvalue weighted by atomic mass is 15.3. The van der Waals surface area contributed by atoms with Crippen LogP contribution < -0.4 is 5.32 Å². The maximum Gasteiger partial charge on any atom is 0.162 e. The van der Waals surface area contributed by atoms with Gasteiger partial charge in [0.1, 0.15) is 11.6 Å². The second-order valence-corrected chi connectivity index (χ2v) is 5.86. The average molecular weight is 269 g/mol. The second-order valence-electron chi connectivity index (χ2n) is 5.86. The van der Waals surface area contributed by atoms with E-state index in [0.717, 1.165) is 23.0 Å². The van der Waals surface area contributed by atoms with Gasteiger partial charge in [-0.05, 0) is 38.7 Å². The molecule has 104 valence electrons. The van der Waals surface area contributed by atoms with Crippen LogP contribution in [0.1, 0.15) is 54.6 Å². The summed E-state index contributed by atoms with van der Waals surface area (Å²) in [5.74, 6) is 4.00. The Balaban J connectivity index is 1.79. The maximum absolute atomic E-state index is 4.76. The summed E-state index contributed by atoms with van der Waals surface area (Å²) in [7, 11) is 1.91. The van der Waals surface area contributed by atoms with Gasteiger partial charge in [0.2, 0.25) is 0 Å². The second kappa shape index (κ2) is 4.30. The molecule has 2 aromatic rings. The predicted molar refractivity (Wildman–Crippen MR) is 77.4 cm³/mol. The molecule has 0 atom stereocenters. The Bertz CT molecular complexity index is 652. The first-order chi connectivity index (χ1) is 9.76. The molecule has 0 unspecified atom stereocenters. The van der Waals surface area contributed by atoms with Crippen molar-refractivity contribution < 1.29 is 0 Å². The highest BCUT2D eigenvalue weighted by Crippen LogP contribution is 2.40. The van der Waals surface area contributed by atoms with Gasteiger partial charge in [-0.2, -0.15) is 5.10 Å². The summed E-state index contributed by atoms with van der Waals surface area (Å²) in [5, 5.41) is 7.88. The summed E-state index contributed by atoms with van der Waals surface area (Å²) in [5.41, 5.74) is 2.25. The number of hydrogen-bond donors (Lipinski definition) is 1. The summed E-state index contributed by atoms with van der Waals surface area (Å²) in [4.78, 5) is 9.39. The van der Waals surface area contributed by atoms with E-state index < -0.39 is 0 Å². The molecule has 0 spiro atoms. The van der Waals surface area contributed by atoms with Crippen LogP contribution in [0.15, 0.2) is 12.3 Å². The van der Waals surface area contributed by atoms with Crippen molar-refractivity contribution in [1.82, 2.24) is 19.7 Å². The Morgan fingerprint density at radius 1 is 1.15 bits per heavy atom. The minimum atomic E-state index is 0.542. The Kier molecular flexibility index (Phi) is 2.55. The first kappa shape index (κ1) is 11.9. The van der Waals surface area contributed by atoms with E-state index in [1.165, 1.54) is 31.4 Å². The quantitative estimate of drug-likeness (QED) is 0.927. The maximum atomic E-state index is 4.76. The fraction of sp³-hybridized carbons (Fsp3) is 0.533. The largest absolute Gasteiger partial charge is 0.373 e. The zero-order chi connectivity index (χ0) is 13.7. The molecule has 20 heavy (non-hydrogen) atoms. The van der Waals surface area contributed by atoms with E-state index in [2.05, 4.69) is 23.3 Å². The van der Waals surface area contributed by atoms with Gasteiger partial charge in [-0.1, -0.05) is 0 Å². The molecule has 2 aromatic heterocycles. The van der Waals surface area contributed by atoms with Crippen molar-refractivity contribution in [3.63, 3.8) is 0 Å². The number of nitrogens with zero attached hydrogens (tertiary/aromatic N) is 4. The zero-order valence-electron chi connectivity index (χ0n) is 11.9. The van der Waals surface area contributed by atoms with Gasteiger partial charge in [0.25, 0.3) is 0 Å². The molecule has 0 bridgehead atoms. The van der Waals surface area contributed by atoms with E-state index in [-0.39, 0.29) is 0 Å². The monoisotopic (exact) mass is 269 g/mol. The van der Waals surface area contributed by atoms with Crippen LogP contribution in [0.5, 0.6) is 0 Å². The summed E-state index contributed by atoms with van der Waals surface area (Å²) < 4.78 is 1.91. The molecule has 2 aliphatic rings. The summed E-state index contributed by atoms with van der Waals surface area (Å²) in [6.07, 6.45) is 6.99. The van der Waals surface area contributed by atoms with Crippen molar-refractivity contribution in [3.05, 3.63) is 29.3 Å². The Morgan fingerprint density at radius 3 is 2.55 bits per heavy atom. The molecule has 2 fully saturated rings. The van der Waals surface area contributed by atoms with Crippen molar-refractivity contribution in [3.8, 4) is 5.82 Å². The third-order valence-corrected chi connectivity index (χ3v) is 4.14. The fourth-order valence-electron chi connectivity index (χ4n) is 2.57. The molecule has 0 saturated heterocycles. The van der Waals surface area contributed by atoms with Gasteiger partial charge in [-0.15, -0.1) is 0 Å². The van der Waals surface area contributed by atoms with Gasteiger partial charge < -0.3 is 5.32 Å². The highest BCUT2D eigenvalue weighted by molar-refractivity contribution is 5.51. The van der Waals surface area contributed by atoms with Gasteiger partial charge >= 0.3 is 0 Å². The van der Waals surface area contributed by atoms with Crippen molar-refractivity contribution in [1.29, 1.82) is 0 Å². The molecule has 2 heterocycles. The number of nitrogens with one attached hydrogen (secondary N) is 1. The van der Waals surface area contributed by atoms with Gasteiger partial charge in [0, 0.05) is 30.6 Å². The zero-order valence-corrected chi connectivity index (χ0v) is 11.9. The SMILES string of the molecule is CNc1nc(C2CC2)nc(-n2ccc(C3CC3)n2)c1C. The van der Waals surface area contributed by atoms with E-state index in [1.807, 2.05) is 17.9 Å². The molecular formula is C15H19N5. The summed E-state index contributed by atoms with van der Waals surface area (Å²) in [6, 6.07) is 2.12. The Hall–Kier alpha value is -1.91. The lowest BCUT2D eigenvalue weighted by Gasteiger charge is -2.11. The van der Waals surface area contributed by atoms with E-state index in [0.29, 0.717) is 11.8 Å². The molecular weight excluding hydrogens is 250 g/mol. The first-order valence-corrected chi connectivity index (χ1v) is 7.38. The predicted octanol–water partition coefficient (Wildman–Crippen LogP) is 2.77. The number of aromatic nitrogens is 4. The van der Waals surface area contributed by atoms with E-state index >= 15 is 0 Å². The normalized spacial score (nSPS) is 18.3. The molecule has 4 rings (SSSR count). The van der Waals surface area contributed by atoms with Crippen LogP contribution in [-0.2, 0) is 0 Å². The Labute approximate surface area is 118 Å². The smallest absolute Gasteiger partial charge is 0.162 e. The molecule has 0 amide bonds. The van der Waals surface area contributed by atoms with Crippen molar-refractivity contribution >= 4 is 5.82 Å². The lowest BCUT2D eigenvalue weighted by molar-refractivity contribution is 0.781. The lowest BCUT2D eigenvalue weighted by Crippen LogP contribution is -2.09. The van der Waals surface area contributed by atoms with Crippen LogP contribution in [0.25, 0.3) is 5.82 Å². The molecule has 2 aliphatic carbocycles. The topological polar surface area (TPSA) is 55.6 Å². The van der Waals surface area contributed by atoms with Crippen molar-refractivity contribution in [2.75, 3.05) is 12.4 Å². The van der Waals surface area contributed by atoms with Crippen LogP contribution in [-0.4, -0.2) is 26.8 Å². The van der Waals surface area contributed by atoms with Crippen molar-refractivity contribution in [2.45, 2.75) is 44.4 Å². The number of anilines is 1. The van der Waals surface area contributed by atoms with Crippen LogP contribution in [0.2, 0.25) is 0 Å². The molecule has 2 saturated carbocycles. The lowest BCUT2D eigenvalue weighted by atomic mass is 10.3. The third-order valence-electron chi connectivity index (χ3n) is 4.14. The van der Waals surface area contributed by atoms with Gasteiger partial charge in [0.15, 0.2) is 5.82 Å². The first-order valence-electron chi connectivity index (χ1n) is 7.38. The summed E-state index contributed by atoms with van der Waals surface area (Å²) in [6.45, 7) is 2.05. The molecule has 0 aliphatic heterocycles. The molecule has 1 N–H and O–H groups in total. The number of hydrogen-bond acceptors (Lipinski definition) is 4. The standard InChI is InChI=1S/C15H19N5/c1-9-13(16-2)17-14(11-5-6-11)18-15(9)20-8-7-12(19-20)10-3-4-10/h7-8,10-11H,3-6H2,1-2H3,(H,16,17,18). The van der Waals surface area contributed by atoms with Gasteiger partial charge in [0.05, 0.1) is 5.69 Å². The minimum absolute atomic E-state index is 0.542. The van der Waals surface area contributed by atoms with Crippen LogP contribution >= 0.6 is 0 Å². The fourth-order valence-corrected chi connectivity index (χ4v) is 2.57. The molecule has 0 radical (unpaired) electrons. The summed E-state index contributed by atoms with van der Waals surface area (Å²) >= 11 is 0. The average Bonchev–Trinajstić information content (AvgIpc) is 3.38. The highest BCUT2D eigenvalue weighted by Gasteiger charge is 2.29. The molecule has 5 nitrogen and oxygen atoms in total. The van der Waals surface area contributed by atoms with Crippen LogP contribution in [0.4, 0.5) is 5.82 Å². The van der Waals surface area contributed by atoms with Crippen molar-refractivity contribution in [2.24, 2.45) is 0 Å². The Morgan fingerprint density at radius 2 is 1.90 bits per heavy atom. The van der Waals surface area contributed by atoms with E-state index in [4.69, 9.17) is 10.1 Å². The van der Waals surface area contributed by atoms with Gasteiger partial charge in [-0.25, -0.2) is 14.6 Å².